The molecule has 0 N–H and O–H groups in total. The van der Waals surface area contributed by atoms with E-state index in [0.29, 0.717) is 13.0 Å². The molecule has 0 aromatic heterocycles. The van der Waals surface area contributed by atoms with Gasteiger partial charge in [0.25, 0.3) is 0 Å². The van der Waals surface area contributed by atoms with Crippen molar-refractivity contribution in [3.8, 4) is 0 Å². The monoisotopic (exact) mass is 325 g/mol. The molecule has 3 fully saturated rings. The van der Waals surface area contributed by atoms with Crippen LogP contribution in [-0.4, -0.2) is 27.8 Å². The summed E-state index contributed by atoms with van der Waals surface area (Å²) in [5.74, 6) is 0.124. The number of fused-ring (bicyclic) bond motifs is 1. The van der Waals surface area contributed by atoms with Crippen LogP contribution in [0.15, 0.2) is 30.3 Å². The molecule has 2 saturated heterocycles. The Morgan fingerprint density at radius 3 is 2.67 bits per heavy atom. The fourth-order valence-electron chi connectivity index (χ4n) is 4.26. The maximum atomic E-state index is 13.0. The van der Waals surface area contributed by atoms with Gasteiger partial charge in [-0.3, -0.25) is 4.79 Å². The van der Waals surface area contributed by atoms with Gasteiger partial charge in [0.05, 0.1) is 18.1 Å². The quantitative estimate of drug-likeness (QED) is 0.779. The summed E-state index contributed by atoms with van der Waals surface area (Å²) in [7, 11) is 0. The summed E-state index contributed by atoms with van der Waals surface area (Å²) in [6.07, 6.45) is 1.24. The predicted octanol–water partition coefficient (Wildman–Crippen LogP) is 3.52. The third kappa shape index (κ3) is 1.57. The second kappa shape index (κ2) is 4.37. The number of halogens is 2. The molecule has 0 radical (unpaired) electrons. The second-order valence-electron chi connectivity index (χ2n) is 6.22. The van der Waals surface area contributed by atoms with Gasteiger partial charge in [0.15, 0.2) is 6.23 Å². The topological polar surface area (TPSA) is 29.5 Å². The van der Waals surface area contributed by atoms with Gasteiger partial charge in [0.1, 0.15) is 4.33 Å². The minimum Gasteiger partial charge on any atom is -0.352 e. The highest BCUT2D eigenvalue weighted by Crippen LogP contribution is 2.76. The number of ether oxygens (including phenoxy) is 1. The van der Waals surface area contributed by atoms with Gasteiger partial charge in [0.2, 0.25) is 5.91 Å². The van der Waals surface area contributed by atoms with Gasteiger partial charge in [-0.2, -0.15) is 0 Å². The maximum Gasteiger partial charge on any atom is 0.234 e. The molecule has 4 rings (SSSR count). The van der Waals surface area contributed by atoms with Crippen LogP contribution < -0.4 is 0 Å². The molecule has 3 unspecified atom stereocenters. The Balaban J connectivity index is 1.68. The average molecular weight is 326 g/mol. The first-order valence-electron chi connectivity index (χ1n) is 7.41. The molecule has 3 aliphatic rings. The molecule has 21 heavy (non-hydrogen) atoms. The minimum atomic E-state index is -0.912. The summed E-state index contributed by atoms with van der Waals surface area (Å²) in [6, 6.07) is 9.95. The summed E-state index contributed by atoms with van der Waals surface area (Å²) >= 11 is 12.9. The number of carbonyl (C=O) groups is 1. The largest absolute Gasteiger partial charge is 0.352 e. The molecule has 5 heteroatoms. The highest BCUT2D eigenvalue weighted by Gasteiger charge is 2.83. The van der Waals surface area contributed by atoms with Gasteiger partial charge in [-0.25, -0.2) is 0 Å². The molecule has 4 atom stereocenters. The molecule has 1 aromatic rings. The van der Waals surface area contributed by atoms with Crippen molar-refractivity contribution in [2.45, 2.75) is 36.4 Å². The lowest BCUT2D eigenvalue weighted by molar-refractivity contribution is -0.139. The van der Waals surface area contributed by atoms with Gasteiger partial charge in [0, 0.05) is 11.5 Å². The number of benzene rings is 1. The third-order valence-corrected chi connectivity index (χ3v) is 6.50. The standard InChI is InChI=1S/C16H17Cl2NO2/c1-2-12-15(16(12,17)18)8-11-9-21-13(19(11)14(15)20)10-6-4-3-5-7-10/h3-7,11-13H,2,8-9H2,1H3/t11?,12?,13-,15?/m1/s1. The first-order valence-corrected chi connectivity index (χ1v) is 8.16. The molecule has 1 aliphatic carbocycles. The van der Waals surface area contributed by atoms with Gasteiger partial charge in [-0.1, -0.05) is 37.3 Å². The van der Waals surface area contributed by atoms with Crippen molar-refractivity contribution in [2.24, 2.45) is 11.3 Å². The number of rotatable bonds is 2. The van der Waals surface area contributed by atoms with E-state index < -0.39 is 9.75 Å². The van der Waals surface area contributed by atoms with Crippen LogP contribution >= 0.6 is 23.2 Å². The first kappa shape index (κ1) is 13.9. The van der Waals surface area contributed by atoms with Crippen LogP contribution in [-0.2, 0) is 9.53 Å². The summed E-state index contributed by atoms with van der Waals surface area (Å²) < 4.78 is 4.94. The van der Waals surface area contributed by atoms with Crippen molar-refractivity contribution in [1.82, 2.24) is 4.90 Å². The molecule has 3 nitrogen and oxygen atoms in total. The normalized spacial score (nSPS) is 39.9. The van der Waals surface area contributed by atoms with Crippen LogP contribution in [0.4, 0.5) is 0 Å². The van der Waals surface area contributed by atoms with Crippen molar-refractivity contribution < 1.29 is 9.53 Å². The molecule has 1 spiro atoms. The van der Waals surface area contributed by atoms with Crippen LogP contribution in [0.3, 0.4) is 0 Å². The number of nitrogens with zero attached hydrogens (tertiary/aromatic N) is 1. The van der Waals surface area contributed by atoms with E-state index in [-0.39, 0.29) is 24.1 Å². The van der Waals surface area contributed by atoms with Gasteiger partial charge < -0.3 is 9.64 Å². The number of hydrogen-bond acceptors (Lipinski definition) is 2. The number of carbonyl (C=O) groups excluding carboxylic acids is 1. The molecule has 0 bridgehead atoms. The molecule has 1 aromatic carbocycles. The van der Waals surface area contributed by atoms with Crippen molar-refractivity contribution in [3.63, 3.8) is 0 Å². The van der Waals surface area contributed by atoms with Gasteiger partial charge >= 0.3 is 0 Å². The van der Waals surface area contributed by atoms with Crippen molar-refractivity contribution >= 4 is 29.1 Å². The Kier molecular flexibility index (Phi) is 2.89. The van der Waals surface area contributed by atoms with Crippen molar-refractivity contribution in [2.75, 3.05) is 6.61 Å². The lowest BCUT2D eigenvalue weighted by atomic mass is 9.98. The SMILES string of the molecule is CCC1C(Cl)(Cl)C12CC1CO[C@H](c3ccccc3)N1C2=O. The van der Waals surface area contributed by atoms with Crippen LogP contribution in [0.5, 0.6) is 0 Å². The predicted molar refractivity (Wildman–Crippen MR) is 81.0 cm³/mol. The summed E-state index contributed by atoms with van der Waals surface area (Å²) in [5.41, 5.74) is 0.417. The second-order valence-corrected chi connectivity index (χ2v) is 7.61. The van der Waals surface area contributed by atoms with Crippen LogP contribution in [0, 0.1) is 11.3 Å². The Morgan fingerprint density at radius 2 is 2.05 bits per heavy atom. The first-order chi connectivity index (χ1) is 10.0. The highest BCUT2D eigenvalue weighted by atomic mass is 35.5. The van der Waals surface area contributed by atoms with Crippen molar-refractivity contribution in [3.05, 3.63) is 35.9 Å². The van der Waals surface area contributed by atoms with Gasteiger partial charge in [-0.15, -0.1) is 23.2 Å². The number of amides is 1. The van der Waals surface area contributed by atoms with E-state index in [4.69, 9.17) is 27.9 Å². The number of hydrogen-bond donors (Lipinski definition) is 0. The van der Waals surface area contributed by atoms with Crippen molar-refractivity contribution in [1.29, 1.82) is 0 Å². The molecular formula is C16H17Cl2NO2. The fourth-order valence-corrected chi connectivity index (χ4v) is 5.41. The summed E-state index contributed by atoms with van der Waals surface area (Å²) in [4.78, 5) is 14.9. The molecule has 2 heterocycles. The van der Waals surface area contributed by atoms with Crippen LogP contribution in [0.2, 0.25) is 0 Å². The lowest BCUT2D eigenvalue weighted by Gasteiger charge is -2.23. The third-order valence-electron chi connectivity index (χ3n) is 5.30. The number of alkyl halides is 2. The zero-order chi connectivity index (χ0) is 14.8. The van der Waals surface area contributed by atoms with E-state index in [9.17, 15) is 4.79 Å². The lowest BCUT2D eigenvalue weighted by Crippen LogP contribution is -2.33. The Hall–Kier alpha value is -0.770. The van der Waals surface area contributed by atoms with E-state index in [1.807, 2.05) is 42.2 Å². The molecule has 1 saturated carbocycles. The fraction of sp³-hybridized carbons (Fsp3) is 0.562. The molecular weight excluding hydrogens is 309 g/mol. The average Bonchev–Trinajstić information content (AvgIpc) is 2.80. The Bertz CT molecular complexity index is 591. The summed E-state index contributed by atoms with van der Waals surface area (Å²) in [5, 5.41) is 0. The Labute approximate surface area is 134 Å². The maximum absolute atomic E-state index is 13.0. The van der Waals surface area contributed by atoms with E-state index >= 15 is 0 Å². The summed E-state index contributed by atoms with van der Waals surface area (Å²) in [6.45, 7) is 2.61. The zero-order valence-electron chi connectivity index (χ0n) is 11.8. The van der Waals surface area contributed by atoms with E-state index in [1.165, 1.54) is 0 Å². The Morgan fingerprint density at radius 1 is 1.33 bits per heavy atom. The van der Waals surface area contributed by atoms with Gasteiger partial charge in [-0.05, 0) is 12.8 Å². The minimum absolute atomic E-state index is 0.0582. The van der Waals surface area contributed by atoms with Crippen LogP contribution in [0.25, 0.3) is 0 Å². The van der Waals surface area contributed by atoms with E-state index in [0.717, 1.165) is 12.0 Å². The smallest absolute Gasteiger partial charge is 0.234 e. The van der Waals surface area contributed by atoms with Crippen LogP contribution in [0.1, 0.15) is 31.6 Å². The molecule has 2 aliphatic heterocycles. The van der Waals surface area contributed by atoms with E-state index in [1.54, 1.807) is 0 Å². The molecule has 1 amide bonds. The zero-order valence-corrected chi connectivity index (χ0v) is 13.3. The highest BCUT2D eigenvalue weighted by molar-refractivity contribution is 6.53. The molecule has 112 valence electrons. The van der Waals surface area contributed by atoms with E-state index in [2.05, 4.69) is 0 Å².